The van der Waals surface area contributed by atoms with E-state index in [-0.39, 0.29) is 12.5 Å². The van der Waals surface area contributed by atoms with E-state index < -0.39 is 0 Å². The second-order valence-corrected chi connectivity index (χ2v) is 7.59. The molecule has 2 aliphatic rings. The van der Waals surface area contributed by atoms with E-state index in [0.717, 1.165) is 35.3 Å². The van der Waals surface area contributed by atoms with Gasteiger partial charge in [0.25, 0.3) is 5.91 Å². The number of hydrogen-bond donors (Lipinski definition) is 2. The summed E-state index contributed by atoms with van der Waals surface area (Å²) in [5.74, 6) is 0.567. The largest absolute Gasteiger partial charge is 0.487 e. The fraction of sp³-hybridized carbons (Fsp3) is 0.348. The van der Waals surface area contributed by atoms with Crippen molar-refractivity contribution in [2.45, 2.75) is 32.9 Å². The van der Waals surface area contributed by atoms with Gasteiger partial charge in [-0.15, -0.1) is 0 Å². The Bertz CT molecular complexity index is 933. The first kappa shape index (κ1) is 18.7. The van der Waals surface area contributed by atoms with Crippen LogP contribution < -0.4 is 5.32 Å². The number of carbonyl (C=O) groups is 1. The summed E-state index contributed by atoms with van der Waals surface area (Å²) in [6.45, 7) is 6.56. The van der Waals surface area contributed by atoms with Gasteiger partial charge in [-0.3, -0.25) is 9.69 Å². The molecule has 5 heteroatoms. The van der Waals surface area contributed by atoms with Crippen molar-refractivity contribution in [1.82, 2.24) is 4.90 Å². The van der Waals surface area contributed by atoms with E-state index in [1.807, 2.05) is 24.3 Å². The third-order valence-electron chi connectivity index (χ3n) is 5.49. The van der Waals surface area contributed by atoms with E-state index in [4.69, 9.17) is 4.74 Å². The fourth-order valence-corrected chi connectivity index (χ4v) is 3.95. The maximum Gasteiger partial charge on any atom is 0.260 e. The number of para-hydroxylation sites is 1. The highest BCUT2D eigenvalue weighted by Gasteiger charge is 2.32. The first-order valence-corrected chi connectivity index (χ1v) is 9.83. The van der Waals surface area contributed by atoms with Crippen LogP contribution in [0, 0.1) is 0 Å². The lowest BCUT2D eigenvalue weighted by atomic mass is 9.98. The minimum Gasteiger partial charge on any atom is -0.487 e. The Morgan fingerprint density at radius 3 is 2.75 bits per heavy atom. The number of aliphatic hydroxyl groups excluding tert-OH is 1. The Kier molecular flexibility index (Phi) is 5.20. The minimum absolute atomic E-state index is 0.107. The van der Waals surface area contributed by atoms with Crippen molar-refractivity contribution in [3.8, 4) is 0 Å². The molecule has 0 bridgehead atoms. The van der Waals surface area contributed by atoms with Crippen LogP contribution in [0.3, 0.4) is 0 Å². The topological polar surface area (TPSA) is 61.8 Å². The molecule has 2 aliphatic heterocycles. The molecule has 0 unspecified atom stereocenters. The summed E-state index contributed by atoms with van der Waals surface area (Å²) in [4.78, 5) is 14.8. The van der Waals surface area contributed by atoms with Gasteiger partial charge >= 0.3 is 0 Å². The smallest absolute Gasteiger partial charge is 0.260 e. The molecule has 0 saturated heterocycles. The van der Waals surface area contributed by atoms with Gasteiger partial charge in [-0.1, -0.05) is 36.4 Å². The van der Waals surface area contributed by atoms with Crippen LogP contribution in [0.1, 0.15) is 36.1 Å². The van der Waals surface area contributed by atoms with E-state index in [1.165, 1.54) is 5.56 Å². The molecule has 2 aromatic carbocycles. The lowest BCUT2D eigenvalue weighted by Crippen LogP contribution is -2.35. The van der Waals surface area contributed by atoms with Crippen LogP contribution in [0.15, 0.2) is 42.5 Å². The molecule has 0 saturated carbocycles. The molecule has 0 aromatic heterocycles. The lowest BCUT2D eigenvalue weighted by molar-refractivity contribution is -0.110. The van der Waals surface area contributed by atoms with Gasteiger partial charge in [-0.25, -0.2) is 0 Å². The van der Waals surface area contributed by atoms with Crippen molar-refractivity contribution in [3.63, 3.8) is 0 Å². The zero-order chi connectivity index (χ0) is 19.7. The van der Waals surface area contributed by atoms with Crippen LogP contribution >= 0.6 is 0 Å². The number of ether oxygens (including phenoxy) is 1. The molecule has 4 rings (SSSR count). The highest BCUT2D eigenvalue weighted by molar-refractivity contribution is 6.36. The van der Waals surface area contributed by atoms with Gasteiger partial charge in [0.15, 0.2) is 0 Å². The number of anilines is 1. The van der Waals surface area contributed by atoms with Crippen molar-refractivity contribution in [1.29, 1.82) is 0 Å². The maximum absolute atomic E-state index is 12.5. The Labute approximate surface area is 165 Å². The third kappa shape index (κ3) is 3.43. The van der Waals surface area contributed by atoms with Gasteiger partial charge in [0, 0.05) is 41.5 Å². The summed E-state index contributed by atoms with van der Waals surface area (Å²) in [7, 11) is 0. The first-order chi connectivity index (χ1) is 13.6. The number of nitrogens with one attached hydrogen (secondary N) is 1. The molecular weight excluding hydrogens is 352 g/mol. The van der Waals surface area contributed by atoms with E-state index in [1.54, 1.807) is 0 Å². The standard InChI is InChI=1S/C23H26N2O3/c1-15(2)25(11-12-26)10-9-16-7-8-18-17(13-16)14-28-22(18)21-19-5-3-4-6-20(19)24-23(21)27/h3-8,13,15,26H,9-12,14H2,1-2H3,(H,24,27)/b22-21+. The number of benzene rings is 2. The summed E-state index contributed by atoms with van der Waals surface area (Å²) < 4.78 is 5.97. The van der Waals surface area contributed by atoms with Crippen molar-refractivity contribution in [2.75, 3.05) is 25.0 Å². The Hall–Kier alpha value is -2.63. The molecule has 28 heavy (non-hydrogen) atoms. The number of nitrogens with zero attached hydrogens (tertiary/aromatic N) is 1. The number of hydrogen-bond acceptors (Lipinski definition) is 4. The average molecular weight is 378 g/mol. The van der Waals surface area contributed by atoms with E-state index in [2.05, 4.69) is 42.3 Å². The molecule has 0 fully saturated rings. The maximum atomic E-state index is 12.5. The lowest BCUT2D eigenvalue weighted by Gasteiger charge is -2.25. The first-order valence-electron chi connectivity index (χ1n) is 9.83. The number of rotatable bonds is 6. The Balaban J connectivity index is 1.59. The van der Waals surface area contributed by atoms with Crippen LogP contribution in [-0.2, 0) is 22.6 Å². The summed E-state index contributed by atoms with van der Waals surface area (Å²) >= 11 is 0. The molecule has 5 nitrogen and oxygen atoms in total. The molecule has 2 heterocycles. The fourth-order valence-electron chi connectivity index (χ4n) is 3.95. The average Bonchev–Trinajstić information content (AvgIpc) is 3.23. The summed E-state index contributed by atoms with van der Waals surface area (Å²) in [5.41, 5.74) is 5.72. The van der Waals surface area contributed by atoms with Crippen molar-refractivity contribution in [3.05, 3.63) is 64.7 Å². The van der Waals surface area contributed by atoms with Crippen LogP contribution in [0.25, 0.3) is 11.3 Å². The van der Waals surface area contributed by atoms with Crippen molar-refractivity contribution < 1.29 is 14.6 Å². The van der Waals surface area contributed by atoms with Crippen molar-refractivity contribution >= 4 is 22.9 Å². The molecule has 2 N–H and O–H groups in total. The molecule has 0 radical (unpaired) electrons. The van der Waals surface area contributed by atoms with Gasteiger partial charge in [-0.05, 0) is 31.9 Å². The zero-order valence-corrected chi connectivity index (χ0v) is 16.4. The van der Waals surface area contributed by atoms with E-state index in [0.29, 0.717) is 30.5 Å². The quantitative estimate of drug-likeness (QED) is 0.758. The van der Waals surface area contributed by atoms with Crippen LogP contribution in [0.4, 0.5) is 5.69 Å². The predicted octanol–water partition coefficient (Wildman–Crippen LogP) is 3.28. The molecule has 2 aromatic rings. The molecule has 1 amide bonds. The molecule has 0 aliphatic carbocycles. The second kappa shape index (κ2) is 7.78. The third-order valence-corrected chi connectivity index (χ3v) is 5.49. The zero-order valence-electron chi connectivity index (χ0n) is 16.4. The Morgan fingerprint density at radius 2 is 1.96 bits per heavy atom. The van der Waals surface area contributed by atoms with Crippen LogP contribution in [-0.4, -0.2) is 41.7 Å². The molecule has 0 atom stereocenters. The molecule has 146 valence electrons. The summed E-state index contributed by atoms with van der Waals surface area (Å²) in [6.07, 6.45) is 0.917. The predicted molar refractivity (Wildman–Crippen MR) is 111 cm³/mol. The molecule has 0 spiro atoms. The number of carbonyl (C=O) groups excluding carboxylic acids is 1. The second-order valence-electron chi connectivity index (χ2n) is 7.59. The number of aliphatic hydroxyl groups is 1. The van der Waals surface area contributed by atoms with E-state index >= 15 is 0 Å². The Morgan fingerprint density at radius 1 is 1.14 bits per heavy atom. The van der Waals surface area contributed by atoms with Crippen LogP contribution in [0.2, 0.25) is 0 Å². The number of fused-ring (bicyclic) bond motifs is 2. The SMILES string of the molecule is CC(C)N(CCO)CCc1ccc2c(c1)CO/C2=C1/C(=O)Nc2ccccc21. The normalized spacial score (nSPS) is 17.7. The number of amides is 1. The highest BCUT2D eigenvalue weighted by atomic mass is 16.5. The van der Waals surface area contributed by atoms with Gasteiger partial charge in [-0.2, -0.15) is 0 Å². The van der Waals surface area contributed by atoms with Gasteiger partial charge in [0.2, 0.25) is 0 Å². The van der Waals surface area contributed by atoms with Crippen LogP contribution in [0.5, 0.6) is 0 Å². The van der Waals surface area contributed by atoms with Gasteiger partial charge < -0.3 is 15.2 Å². The van der Waals surface area contributed by atoms with Gasteiger partial charge in [0.1, 0.15) is 12.4 Å². The minimum atomic E-state index is -0.107. The summed E-state index contributed by atoms with van der Waals surface area (Å²) in [6, 6.07) is 14.5. The monoisotopic (exact) mass is 378 g/mol. The molecular formula is C23H26N2O3. The highest BCUT2D eigenvalue weighted by Crippen LogP contribution is 2.41. The summed E-state index contributed by atoms with van der Waals surface area (Å²) in [5, 5.41) is 12.2. The van der Waals surface area contributed by atoms with Gasteiger partial charge in [0.05, 0.1) is 12.2 Å². The van der Waals surface area contributed by atoms with Crippen molar-refractivity contribution in [2.24, 2.45) is 0 Å². The van der Waals surface area contributed by atoms with E-state index in [9.17, 15) is 9.90 Å².